The molecule has 0 aliphatic carbocycles. The van der Waals surface area contributed by atoms with Crippen LogP contribution < -0.4 is 5.32 Å². The molecular formula is C17H34IN5O2. The molecule has 2 fully saturated rings. The lowest BCUT2D eigenvalue weighted by Gasteiger charge is -2.42. The van der Waals surface area contributed by atoms with Crippen LogP contribution >= 0.6 is 24.0 Å². The van der Waals surface area contributed by atoms with Crippen molar-refractivity contribution in [3.05, 3.63) is 0 Å². The average molecular weight is 467 g/mol. The number of likely N-dealkylation sites (N-methyl/N-ethyl adjacent to an activating group) is 1. The monoisotopic (exact) mass is 467 g/mol. The minimum absolute atomic E-state index is 0. The first-order valence-electron chi connectivity index (χ1n) is 9.02. The summed E-state index contributed by atoms with van der Waals surface area (Å²) in [5.74, 6) is 1.12. The highest BCUT2D eigenvalue weighted by atomic mass is 127. The first-order valence-corrected chi connectivity index (χ1v) is 9.02. The van der Waals surface area contributed by atoms with E-state index in [-0.39, 0.29) is 35.4 Å². The van der Waals surface area contributed by atoms with E-state index in [1.165, 1.54) is 0 Å². The lowest BCUT2D eigenvalue weighted by Crippen LogP contribution is -2.55. The van der Waals surface area contributed by atoms with E-state index in [4.69, 9.17) is 9.73 Å². The Kier molecular flexibility index (Phi) is 9.44. The minimum Gasteiger partial charge on any atom is -0.381 e. The number of aliphatic imine (C=N–C) groups is 1. The number of ether oxygens (including phenoxy) is 1. The molecule has 0 radical (unpaired) electrons. The van der Waals surface area contributed by atoms with Crippen molar-refractivity contribution in [1.82, 2.24) is 20.0 Å². The maximum absolute atomic E-state index is 11.5. The van der Waals surface area contributed by atoms with E-state index in [0.717, 1.165) is 71.3 Å². The zero-order chi connectivity index (χ0) is 17.6. The van der Waals surface area contributed by atoms with Gasteiger partial charge in [-0.05, 0) is 33.9 Å². The smallest absolute Gasteiger partial charge is 0.219 e. The number of nitrogens with zero attached hydrogens (tertiary/aromatic N) is 4. The Morgan fingerprint density at radius 3 is 2.20 bits per heavy atom. The number of guanidine groups is 1. The van der Waals surface area contributed by atoms with Crippen molar-refractivity contribution in [2.24, 2.45) is 4.99 Å². The van der Waals surface area contributed by atoms with Crippen molar-refractivity contribution in [2.45, 2.75) is 32.2 Å². The molecule has 2 aliphatic heterocycles. The van der Waals surface area contributed by atoms with Crippen LogP contribution in [0.1, 0.15) is 26.7 Å². The van der Waals surface area contributed by atoms with Crippen molar-refractivity contribution in [1.29, 1.82) is 0 Å². The van der Waals surface area contributed by atoms with E-state index >= 15 is 0 Å². The van der Waals surface area contributed by atoms with Crippen LogP contribution in [0.25, 0.3) is 0 Å². The van der Waals surface area contributed by atoms with Gasteiger partial charge in [0.15, 0.2) is 5.96 Å². The molecule has 0 unspecified atom stereocenters. The van der Waals surface area contributed by atoms with Gasteiger partial charge in [-0.15, -0.1) is 24.0 Å². The highest BCUT2D eigenvalue weighted by molar-refractivity contribution is 14.0. The van der Waals surface area contributed by atoms with Gasteiger partial charge in [-0.25, -0.2) is 0 Å². The maximum atomic E-state index is 11.5. The molecule has 7 nitrogen and oxygen atoms in total. The van der Waals surface area contributed by atoms with E-state index in [2.05, 4.69) is 36.1 Å². The molecule has 0 aromatic heterocycles. The molecule has 2 aliphatic rings. The maximum Gasteiger partial charge on any atom is 0.219 e. The van der Waals surface area contributed by atoms with Crippen LogP contribution in [0.3, 0.4) is 0 Å². The Labute approximate surface area is 169 Å². The van der Waals surface area contributed by atoms with Crippen molar-refractivity contribution in [2.75, 3.05) is 66.6 Å². The third kappa shape index (κ3) is 5.96. The van der Waals surface area contributed by atoms with Crippen molar-refractivity contribution < 1.29 is 9.53 Å². The lowest BCUT2D eigenvalue weighted by atomic mass is 9.89. The van der Waals surface area contributed by atoms with Gasteiger partial charge in [-0.1, -0.05) is 0 Å². The number of piperazine rings is 1. The number of carbonyl (C=O) groups excluding carboxylic acids is 1. The van der Waals surface area contributed by atoms with E-state index in [1.54, 1.807) is 6.92 Å². The van der Waals surface area contributed by atoms with Crippen LogP contribution in [-0.2, 0) is 9.53 Å². The highest BCUT2D eigenvalue weighted by Gasteiger charge is 2.35. The van der Waals surface area contributed by atoms with E-state index in [0.29, 0.717) is 0 Å². The number of hydrogen-bond donors (Lipinski definition) is 1. The van der Waals surface area contributed by atoms with Gasteiger partial charge < -0.3 is 24.8 Å². The second kappa shape index (κ2) is 10.5. The van der Waals surface area contributed by atoms with Gasteiger partial charge in [0.05, 0.1) is 6.54 Å². The zero-order valence-electron chi connectivity index (χ0n) is 16.1. The molecule has 0 spiro atoms. The number of rotatable bonds is 4. The summed E-state index contributed by atoms with van der Waals surface area (Å²) < 4.78 is 5.54. The predicted molar refractivity (Wildman–Crippen MR) is 112 cm³/mol. The SMILES string of the molecule is CCNC(=NCC1(N(C)C)CCOCC1)N1CCN(C(C)=O)CC1.I. The third-order valence-electron chi connectivity index (χ3n) is 5.25. The molecule has 8 heteroatoms. The molecule has 0 aromatic rings. The fourth-order valence-electron chi connectivity index (χ4n) is 3.38. The van der Waals surface area contributed by atoms with Gasteiger partial charge in [-0.3, -0.25) is 9.79 Å². The van der Waals surface area contributed by atoms with Crippen LogP contribution in [0.5, 0.6) is 0 Å². The molecule has 0 atom stereocenters. The number of amides is 1. The molecule has 25 heavy (non-hydrogen) atoms. The molecule has 1 N–H and O–H groups in total. The second-order valence-corrected chi connectivity index (χ2v) is 6.89. The zero-order valence-corrected chi connectivity index (χ0v) is 18.4. The molecule has 0 saturated carbocycles. The summed E-state index contributed by atoms with van der Waals surface area (Å²) in [4.78, 5) is 22.9. The van der Waals surface area contributed by atoms with Gasteiger partial charge in [0.1, 0.15) is 0 Å². The van der Waals surface area contributed by atoms with Crippen LogP contribution in [0.2, 0.25) is 0 Å². The van der Waals surface area contributed by atoms with Gasteiger partial charge in [0, 0.05) is 58.4 Å². The molecular weight excluding hydrogens is 433 g/mol. The third-order valence-corrected chi connectivity index (χ3v) is 5.25. The Morgan fingerprint density at radius 1 is 1.16 bits per heavy atom. The van der Waals surface area contributed by atoms with E-state index in [1.807, 2.05) is 4.90 Å². The normalized spacial score (nSPS) is 21.1. The Bertz CT molecular complexity index is 444. The lowest BCUT2D eigenvalue weighted by molar-refractivity contribution is -0.130. The van der Waals surface area contributed by atoms with Crippen molar-refractivity contribution >= 4 is 35.8 Å². The summed E-state index contributed by atoms with van der Waals surface area (Å²) in [6, 6.07) is 0. The van der Waals surface area contributed by atoms with Crippen LogP contribution in [0.15, 0.2) is 4.99 Å². The van der Waals surface area contributed by atoms with Crippen LogP contribution in [-0.4, -0.2) is 98.7 Å². The highest BCUT2D eigenvalue weighted by Crippen LogP contribution is 2.26. The first kappa shape index (κ1) is 22.4. The summed E-state index contributed by atoms with van der Waals surface area (Å²) in [5.41, 5.74) is 0.0835. The van der Waals surface area contributed by atoms with Gasteiger partial charge in [0.2, 0.25) is 5.91 Å². The fraction of sp³-hybridized carbons (Fsp3) is 0.882. The van der Waals surface area contributed by atoms with Gasteiger partial charge >= 0.3 is 0 Å². The minimum atomic E-state index is 0. The topological polar surface area (TPSA) is 60.4 Å². The predicted octanol–water partition coefficient (Wildman–Crippen LogP) is 0.845. The molecule has 146 valence electrons. The molecule has 1 amide bonds. The van der Waals surface area contributed by atoms with Crippen molar-refractivity contribution in [3.63, 3.8) is 0 Å². The standard InChI is InChI=1S/C17H33N5O2.HI/c1-5-18-16(22-10-8-21(9-11-22)15(2)23)19-14-17(20(3)4)6-12-24-13-7-17;/h5-14H2,1-4H3,(H,18,19);1H. The number of carbonyl (C=O) groups is 1. The molecule has 0 aromatic carbocycles. The van der Waals surface area contributed by atoms with Gasteiger partial charge in [-0.2, -0.15) is 0 Å². The van der Waals surface area contributed by atoms with Crippen LogP contribution in [0.4, 0.5) is 0 Å². The van der Waals surface area contributed by atoms with Crippen molar-refractivity contribution in [3.8, 4) is 0 Å². The molecule has 2 heterocycles. The Morgan fingerprint density at radius 2 is 1.72 bits per heavy atom. The average Bonchev–Trinajstić information content (AvgIpc) is 2.59. The van der Waals surface area contributed by atoms with Gasteiger partial charge in [0.25, 0.3) is 0 Å². The largest absolute Gasteiger partial charge is 0.381 e. The summed E-state index contributed by atoms with van der Waals surface area (Å²) in [5, 5.41) is 3.41. The van der Waals surface area contributed by atoms with E-state index in [9.17, 15) is 4.79 Å². The molecule has 0 bridgehead atoms. The van der Waals surface area contributed by atoms with Crippen LogP contribution in [0, 0.1) is 0 Å². The first-order chi connectivity index (χ1) is 11.5. The number of nitrogens with one attached hydrogen (secondary N) is 1. The van der Waals surface area contributed by atoms with E-state index < -0.39 is 0 Å². The Balaban J connectivity index is 0.00000312. The Hall–Kier alpha value is -0.610. The summed E-state index contributed by atoms with van der Waals surface area (Å²) in [7, 11) is 4.28. The fourth-order valence-corrected chi connectivity index (χ4v) is 3.38. The quantitative estimate of drug-likeness (QED) is 0.378. The number of hydrogen-bond acceptors (Lipinski definition) is 4. The molecule has 2 saturated heterocycles. The summed E-state index contributed by atoms with van der Waals surface area (Å²) in [6.45, 7) is 10.2. The summed E-state index contributed by atoms with van der Waals surface area (Å²) in [6.07, 6.45) is 2.03. The summed E-state index contributed by atoms with van der Waals surface area (Å²) >= 11 is 0. The second-order valence-electron chi connectivity index (χ2n) is 6.89. The molecule has 2 rings (SSSR count). The number of halogens is 1.